The Labute approximate surface area is 132 Å². The molecule has 2 rings (SSSR count). The molecule has 1 aromatic carbocycles. The van der Waals surface area contributed by atoms with Crippen LogP contribution in [0, 0.1) is 20.8 Å². The Balaban J connectivity index is 2.49. The Morgan fingerprint density at radius 2 is 1.86 bits per heavy atom. The largest absolute Gasteiger partial charge is 0.308 e. The van der Waals surface area contributed by atoms with Gasteiger partial charge in [0.1, 0.15) is 0 Å². The molecule has 0 unspecified atom stereocenters. The summed E-state index contributed by atoms with van der Waals surface area (Å²) in [4.78, 5) is 0. The van der Waals surface area contributed by atoms with E-state index in [9.17, 15) is 0 Å². The van der Waals surface area contributed by atoms with Crippen molar-refractivity contribution in [3.8, 4) is 5.69 Å². The van der Waals surface area contributed by atoms with Crippen LogP contribution in [0.4, 0.5) is 0 Å². The maximum Gasteiger partial charge on any atom is 0.0708 e. The van der Waals surface area contributed by atoms with E-state index in [4.69, 9.17) is 11.6 Å². The number of aryl methyl sites for hydroxylation is 1. The van der Waals surface area contributed by atoms with E-state index in [-0.39, 0.29) is 5.54 Å². The van der Waals surface area contributed by atoms with E-state index in [1.165, 1.54) is 5.56 Å². The first-order valence-electron chi connectivity index (χ1n) is 7.26. The predicted octanol–water partition coefficient (Wildman–Crippen LogP) is 4.34. The van der Waals surface area contributed by atoms with Crippen molar-refractivity contribution < 1.29 is 0 Å². The summed E-state index contributed by atoms with van der Waals surface area (Å²) in [5, 5.41) is 8.93. The molecule has 1 N–H and O–H groups in total. The maximum atomic E-state index is 6.43. The van der Waals surface area contributed by atoms with E-state index in [0.717, 1.165) is 34.2 Å². The lowest BCUT2D eigenvalue weighted by Gasteiger charge is -2.22. The zero-order valence-electron chi connectivity index (χ0n) is 13.7. The lowest BCUT2D eigenvalue weighted by Crippen LogP contribution is -2.35. The van der Waals surface area contributed by atoms with E-state index in [1.54, 1.807) is 0 Å². The van der Waals surface area contributed by atoms with Gasteiger partial charge in [0, 0.05) is 28.4 Å². The SMILES string of the molecule is Cc1nn(-c2cccc(Cl)c2CNC(C)(C)C)c(C)c1C. The van der Waals surface area contributed by atoms with Crippen molar-refractivity contribution in [3.05, 3.63) is 45.7 Å². The fourth-order valence-electron chi connectivity index (χ4n) is 2.23. The number of nitrogens with one attached hydrogen (secondary N) is 1. The van der Waals surface area contributed by atoms with Crippen molar-refractivity contribution in [2.75, 3.05) is 0 Å². The zero-order valence-corrected chi connectivity index (χ0v) is 14.5. The van der Waals surface area contributed by atoms with Crippen molar-refractivity contribution in [1.29, 1.82) is 0 Å². The van der Waals surface area contributed by atoms with E-state index >= 15 is 0 Å². The summed E-state index contributed by atoms with van der Waals surface area (Å²) in [6.07, 6.45) is 0. The van der Waals surface area contributed by atoms with Gasteiger partial charge in [0.25, 0.3) is 0 Å². The first-order chi connectivity index (χ1) is 9.70. The van der Waals surface area contributed by atoms with Gasteiger partial charge in [0.05, 0.1) is 11.4 Å². The summed E-state index contributed by atoms with van der Waals surface area (Å²) in [7, 11) is 0. The molecule has 0 bridgehead atoms. The van der Waals surface area contributed by atoms with Crippen LogP contribution in [0.3, 0.4) is 0 Å². The molecule has 1 aromatic heterocycles. The van der Waals surface area contributed by atoms with Crippen molar-refractivity contribution >= 4 is 11.6 Å². The molecule has 4 heteroatoms. The average Bonchev–Trinajstić information content (AvgIpc) is 2.64. The van der Waals surface area contributed by atoms with Gasteiger partial charge < -0.3 is 5.32 Å². The quantitative estimate of drug-likeness (QED) is 0.914. The van der Waals surface area contributed by atoms with Crippen LogP contribution in [-0.2, 0) is 6.54 Å². The third-order valence-electron chi connectivity index (χ3n) is 3.77. The second kappa shape index (κ2) is 5.82. The molecule has 0 aliphatic carbocycles. The molecule has 3 nitrogen and oxygen atoms in total. The van der Waals surface area contributed by atoms with Gasteiger partial charge in [-0.1, -0.05) is 17.7 Å². The topological polar surface area (TPSA) is 29.9 Å². The van der Waals surface area contributed by atoms with Crippen LogP contribution in [0.2, 0.25) is 5.02 Å². The number of nitrogens with zero attached hydrogens (tertiary/aromatic N) is 2. The minimum absolute atomic E-state index is 0.0431. The van der Waals surface area contributed by atoms with Crippen LogP contribution in [0.1, 0.15) is 43.3 Å². The van der Waals surface area contributed by atoms with Crippen LogP contribution in [0.25, 0.3) is 5.69 Å². The van der Waals surface area contributed by atoms with Crippen molar-refractivity contribution in [3.63, 3.8) is 0 Å². The second-order valence-electron chi connectivity index (χ2n) is 6.55. The van der Waals surface area contributed by atoms with Crippen molar-refractivity contribution in [2.24, 2.45) is 0 Å². The highest BCUT2D eigenvalue weighted by Gasteiger charge is 2.16. The molecular formula is C17H24ClN3. The highest BCUT2D eigenvalue weighted by molar-refractivity contribution is 6.31. The lowest BCUT2D eigenvalue weighted by molar-refractivity contribution is 0.424. The van der Waals surface area contributed by atoms with Gasteiger partial charge in [-0.2, -0.15) is 5.10 Å². The lowest BCUT2D eigenvalue weighted by atomic mass is 10.1. The summed E-state index contributed by atoms with van der Waals surface area (Å²) in [5.41, 5.74) is 5.62. The Morgan fingerprint density at radius 1 is 1.19 bits per heavy atom. The van der Waals surface area contributed by atoms with E-state index < -0.39 is 0 Å². The normalized spacial score (nSPS) is 12.0. The van der Waals surface area contributed by atoms with Gasteiger partial charge in [-0.05, 0) is 59.2 Å². The van der Waals surface area contributed by atoms with Crippen LogP contribution < -0.4 is 5.32 Å². The molecule has 0 fully saturated rings. The molecule has 0 saturated heterocycles. The van der Waals surface area contributed by atoms with E-state index in [0.29, 0.717) is 0 Å². The van der Waals surface area contributed by atoms with Crippen LogP contribution in [-0.4, -0.2) is 15.3 Å². The summed E-state index contributed by atoms with van der Waals surface area (Å²) >= 11 is 6.43. The fourth-order valence-corrected chi connectivity index (χ4v) is 2.47. The fraction of sp³-hybridized carbons (Fsp3) is 0.471. The molecule has 0 saturated carbocycles. The van der Waals surface area contributed by atoms with Gasteiger partial charge in [0.2, 0.25) is 0 Å². The van der Waals surface area contributed by atoms with Gasteiger partial charge in [-0.25, -0.2) is 4.68 Å². The monoisotopic (exact) mass is 305 g/mol. The zero-order chi connectivity index (χ0) is 15.8. The summed E-state index contributed by atoms with van der Waals surface area (Å²) in [5.74, 6) is 0. The summed E-state index contributed by atoms with van der Waals surface area (Å²) in [6.45, 7) is 13.4. The van der Waals surface area contributed by atoms with Crippen molar-refractivity contribution in [1.82, 2.24) is 15.1 Å². The molecule has 0 spiro atoms. The van der Waals surface area contributed by atoms with Gasteiger partial charge in [-0.3, -0.25) is 0 Å². The number of aromatic nitrogens is 2. The summed E-state index contributed by atoms with van der Waals surface area (Å²) in [6, 6.07) is 5.98. The van der Waals surface area contributed by atoms with Crippen LogP contribution >= 0.6 is 11.6 Å². The standard InChI is InChI=1S/C17H24ClN3/c1-11-12(2)20-21(13(11)3)16-9-7-8-15(18)14(16)10-19-17(4,5)6/h7-9,19H,10H2,1-6H3. The molecule has 21 heavy (non-hydrogen) atoms. The second-order valence-corrected chi connectivity index (χ2v) is 6.96. The van der Waals surface area contributed by atoms with Crippen LogP contribution in [0.15, 0.2) is 18.2 Å². The average molecular weight is 306 g/mol. The molecule has 0 atom stereocenters. The van der Waals surface area contributed by atoms with Gasteiger partial charge in [0.15, 0.2) is 0 Å². The Hall–Kier alpha value is -1.32. The molecule has 0 aliphatic heterocycles. The smallest absolute Gasteiger partial charge is 0.0708 e. The Morgan fingerprint density at radius 3 is 2.38 bits per heavy atom. The Kier molecular flexibility index (Phi) is 4.45. The highest BCUT2D eigenvalue weighted by Crippen LogP contribution is 2.26. The first kappa shape index (κ1) is 16.1. The highest BCUT2D eigenvalue weighted by atomic mass is 35.5. The number of hydrogen-bond donors (Lipinski definition) is 1. The number of halogens is 1. The molecular weight excluding hydrogens is 282 g/mol. The number of hydrogen-bond acceptors (Lipinski definition) is 2. The summed E-state index contributed by atoms with van der Waals surface area (Å²) < 4.78 is 2.00. The molecule has 1 heterocycles. The van der Waals surface area contributed by atoms with Crippen LogP contribution in [0.5, 0.6) is 0 Å². The third kappa shape index (κ3) is 3.47. The Bertz CT molecular complexity index is 651. The minimum atomic E-state index is 0.0431. The number of benzene rings is 1. The molecule has 0 radical (unpaired) electrons. The number of rotatable bonds is 3. The van der Waals surface area contributed by atoms with Gasteiger partial charge >= 0.3 is 0 Å². The van der Waals surface area contributed by atoms with E-state index in [2.05, 4.69) is 51.1 Å². The van der Waals surface area contributed by atoms with Crippen molar-refractivity contribution in [2.45, 2.75) is 53.6 Å². The third-order valence-corrected chi connectivity index (χ3v) is 4.13. The minimum Gasteiger partial charge on any atom is -0.308 e. The predicted molar refractivity (Wildman–Crippen MR) is 89.4 cm³/mol. The van der Waals surface area contributed by atoms with E-state index in [1.807, 2.05) is 23.7 Å². The van der Waals surface area contributed by atoms with Gasteiger partial charge in [-0.15, -0.1) is 0 Å². The molecule has 2 aromatic rings. The maximum absolute atomic E-state index is 6.43. The first-order valence-corrected chi connectivity index (χ1v) is 7.64. The molecule has 114 valence electrons. The molecule has 0 amide bonds. The molecule has 0 aliphatic rings.